The maximum absolute atomic E-state index is 12.5. The molecule has 6 heteroatoms. The lowest BCUT2D eigenvalue weighted by atomic mass is 10.1. The van der Waals surface area contributed by atoms with Crippen LogP contribution in [0.3, 0.4) is 0 Å². The van der Waals surface area contributed by atoms with Gasteiger partial charge in [0, 0.05) is 24.2 Å². The van der Waals surface area contributed by atoms with Crippen molar-refractivity contribution in [1.82, 2.24) is 0 Å². The van der Waals surface area contributed by atoms with Crippen molar-refractivity contribution in [3.05, 3.63) is 58.6 Å². The number of aromatic carboxylic acids is 1. The van der Waals surface area contributed by atoms with Gasteiger partial charge in [0.15, 0.2) is 0 Å². The van der Waals surface area contributed by atoms with E-state index in [0.29, 0.717) is 16.3 Å². The Morgan fingerprint density at radius 3 is 2.36 bits per heavy atom. The Labute approximate surface area is 152 Å². The third kappa shape index (κ3) is 4.97. The van der Waals surface area contributed by atoms with Gasteiger partial charge in [-0.05, 0) is 48.9 Å². The number of rotatable bonds is 7. The Bertz CT molecular complexity index is 760. The topological polar surface area (TPSA) is 69.6 Å². The first-order chi connectivity index (χ1) is 11.9. The summed E-state index contributed by atoms with van der Waals surface area (Å²) in [5, 5.41) is 12.6. The van der Waals surface area contributed by atoms with Crippen LogP contribution in [-0.4, -0.2) is 30.6 Å². The van der Waals surface area contributed by atoms with Gasteiger partial charge in [-0.1, -0.05) is 24.9 Å². The molecule has 2 aromatic carbocycles. The molecule has 1 amide bonds. The molecule has 0 aliphatic rings. The van der Waals surface area contributed by atoms with E-state index in [4.69, 9.17) is 11.6 Å². The summed E-state index contributed by atoms with van der Waals surface area (Å²) in [5.41, 5.74) is 1.82. The van der Waals surface area contributed by atoms with Gasteiger partial charge >= 0.3 is 5.97 Å². The van der Waals surface area contributed by atoms with Crippen molar-refractivity contribution in [1.29, 1.82) is 0 Å². The molecule has 5 nitrogen and oxygen atoms in total. The Kier molecular flexibility index (Phi) is 6.42. The number of nitrogens with one attached hydrogen (secondary N) is 1. The highest BCUT2D eigenvalue weighted by molar-refractivity contribution is 6.30. The number of hydrogen-bond donors (Lipinski definition) is 2. The van der Waals surface area contributed by atoms with Gasteiger partial charge in [0.2, 0.25) is 0 Å². The molecule has 25 heavy (non-hydrogen) atoms. The first-order valence-electron chi connectivity index (χ1n) is 8.07. The van der Waals surface area contributed by atoms with Crippen LogP contribution >= 0.6 is 11.6 Å². The number of hydrogen-bond acceptors (Lipinski definition) is 3. The summed E-state index contributed by atoms with van der Waals surface area (Å²) in [6.45, 7) is 2.91. The van der Waals surface area contributed by atoms with Gasteiger partial charge in [-0.3, -0.25) is 4.79 Å². The van der Waals surface area contributed by atoms with Crippen LogP contribution in [0.5, 0.6) is 0 Å². The molecule has 0 bridgehead atoms. The fourth-order valence-corrected chi connectivity index (χ4v) is 2.54. The number of carbonyl (C=O) groups is 2. The predicted octanol–water partition coefficient (Wildman–Crippen LogP) is 4.53. The van der Waals surface area contributed by atoms with Crippen LogP contribution in [0.2, 0.25) is 5.02 Å². The van der Waals surface area contributed by atoms with Gasteiger partial charge in [-0.2, -0.15) is 0 Å². The van der Waals surface area contributed by atoms with Crippen molar-refractivity contribution in [3.8, 4) is 0 Å². The molecule has 132 valence electrons. The Hall–Kier alpha value is -2.53. The zero-order valence-electron chi connectivity index (χ0n) is 14.3. The quantitative estimate of drug-likeness (QED) is 0.761. The molecule has 0 spiro atoms. The molecule has 0 aromatic heterocycles. The predicted molar refractivity (Wildman–Crippen MR) is 101 cm³/mol. The molecule has 2 N–H and O–H groups in total. The lowest BCUT2D eigenvalue weighted by molar-refractivity contribution is 0.0696. The Balaban J connectivity index is 2.31. The highest BCUT2D eigenvalue weighted by atomic mass is 35.5. The smallest absolute Gasteiger partial charge is 0.335 e. The van der Waals surface area contributed by atoms with Gasteiger partial charge < -0.3 is 15.3 Å². The summed E-state index contributed by atoms with van der Waals surface area (Å²) in [6, 6.07) is 11.3. The zero-order chi connectivity index (χ0) is 18.4. The molecular formula is C19H21ClN2O3. The number of anilines is 2. The van der Waals surface area contributed by atoms with E-state index in [1.165, 1.54) is 12.1 Å². The summed E-state index contributed by atoms with van der Waals surface area (Å²) >= 11 is 5.84. The second-order valence-corrected chi connectivity index (χ2v) is 6.21. The van der Waals surface area contributed by atoms with E-state index in [0.717, 1.165) is 25.1 Å². The molecule has 0 aliphatic heterocycles. The fraction of sp³-hybridized carbons (Fsp3) is 0.263. The van der Waals surface area contributed by atoms with Crippen LogP contribution in [0.15, 0.2) is 42.5 Å². The van der Waals surface area contributed by atoms with Gasteiger partial charge in [0.25, 0.3) is 5.91 Å². The first-order valence-corrected chi connectivity index (χ1v) is 8.45. The van der Waals surface area contributed by atoms with E-state index in [9.17, 15) is 14.7 Å². The van der Waals surface area contributed by atoms with Crippen LogP contribution in [0.25, 0.3) is 0 Å². The number of unbranched alkanes of at least 4 members (excludes halogenated alkanes) is 1. The van der Waals surface area contributed by atoms with Crippen LogP contribution in [-0.2, 0) is 0 Å². The molecule has 0 heterocycles. The number of nitrogens with zero attached hydrogens (tertiary/aromatic N) is 1. The zero-order valence-corrected chi connectivity index (χ0v) is 15.0. The summed E-state index contributed by atoms with van der Waals surface area (Å²) in [6.07, 6.45) is 2.05. The number of carboxylic acids is 1. The van der Waals surface area contributed by atoms with Crippen molar-refractivity contribution in [3.63, 3.8) is 0 Å². The minimum atomic E-state index is -1.04. The van der Waals surface area contributed by atoms with E-state index in [1.807, 2.05) is 11.9 Å². The highest BCUT2D eigenvalue weighted by Gasteiger charge is 2.15. The largest absolute Gasteiger partial charge is 0.478 e. The monoisotopic (exact) mass is 360 g/mol. The average Bonchev–Trinajstić information content (AvgIpc) is 2.60. The molecule has 0 fully saturated rings. The van der Waals surface area contributed by atoms with Gasteiger partial charge in [-0.15, -0.1) is 0 Å². The van der Waals surface area contributed by atoms with Gasteiger partial charge in [0.1, 0.15) is 0 Å². The number of halogens is 1. The van der Waals surface area contributed by atoms with E-state index in [1.54, 1.807) is 30.3 Å². The standard InChI is InChI=1S/C19H21ClN2O3/c1-3-4-11-22(2)17-10-7-14(19(24)25)12-16(17)21-18(23)13-5-8-15(20)9-6-13/h5-10,12H,3-4,11H2,1-2H3,(H,21,23)(H,24,25). The van der Waals surface area contributed by atoms with Crippen molar-refractivity contribution in [2.24, 2.45) is 0 Å². The summed E-state index contributed by atoms with van der Waals surface area (Å²) in [7, 11) is 1.92. The molecule has 0 radical (unpaired) electrons. The third-order valence-electron chi connectivity index (χ3n) is 3.86. The Morgan fingerprint density at radius 2 is 1.76 bits per heavy atom. The van der Waals surface area contributed by atoms with E-state index >= 15 is 0 Å². The van der Waals surface area contributed by atoms with Crippen LogP contribution in [0.4, 0.5) is 11.4 Å². The molecule has 0 aliphatic carbocycles. The molecular weight excluding hydrogens is 340 g/mol. The molecule has 0 saturated carbocycles. The molecule has 2 aromatic rings. The van der Waals surface area contributed by atoms with Crippen molar-refractivity contribution < 1.29 is 14.7 Å². The first kappa shape index (κ1) is 18.8. The SMILES string of the molecule is CCCCN(C)c1ccc(C(=O)O)cc1NC(=O)c1ccc(Cl)cc1. The van der Waals surface area contributed by atoms with E-state index in [2.05, 4.69) is 12.2 Å². The highest BCUT2D eigenvalue weighted by Crippen LogP contribution is 2.27. The average molecular weight is 361 g/mol. The normalized spacial score (nSPS) is 10.4. The maximum atomic E-state index is 12.5. The van der Waals surface area contributed by atoms with Crippen LogP contribution < -0.4 is 10.2 Å². The fourth-order valence-electron chi connectivity index (χ4n) is 2.41. The summed E-state index contributed by atoms with van der Waals surface area (Å²) < 4.78 is 0. The van der Waals surface area contributed by atoms with Crippen LogP contribution in [0.1, 0.15) is 40.5 Å². The Morgan fingerprint density at radius 1 is 1.12 bits per heavy atom. The number of amides is 1. The van der Waals surface area contributed by atoms with Gasteiger partial charge in [-0.25, -0.2) is 4.79 Å². The van der Waals surface area contributed by atoms with E-state index < -0.39 is 5.97 Å². The lowest BCUT2D eigenvalue weighted by Crippen LogP contribution is -2.22. The van der Waals surface area contributed by atoms with Gasteiger partial charge in [0.05, 0.1) is 16.9 Å². The van der Waals surface area contributed by atoms with Crippen LogP contribution in [0, 0.1) is 0 Å². The minimum absolute atomic E-state index is 0.124. The van der Waals surface area contributed by atoms with Crippen molar-refractivity contribution in [2.45, 2.75) is 19.8 Å². The molecule has 2 rings (SSSR count). The maximum Gasteiger partial charge on any atom is 0.335 e. The molecule has 0 saturated heterocycles. The van der Waals surface area contributed by atoms with E-state index in [-0.39, 0.29) is 11.5 Å². The summed E-state index contributed by atoms with van der Waals surface area (Å²) in [4.78, 5) is 25.7. The molecule has 0 unspecified atom stereocenters. The minimum Gasteiger partial charge on any atom is -0.478 e. The second kappa shape index (κ2) is 8.53. The molecule has 0 atom stereocenters. The van der Waals surface area contributed by atoms with Crippen molar-refractivity contribution >= 4 is 34.9 Å². The number of carboxylic acid groups (broad SMARTS) is 1. The third-order valence-corrected chi connectivity index (χ3v) is 4.11. The lowest BCUT2D eigenvalue weighted by Gasteiger charge is -2.23. The second-order valence-electron chi connectivity index (χ2n) is 5.77. The van der Waals surface area contributed by atoms with Crippen molar-refractivity contribution in [2.75, 3.05) is 23.8 Å². The number of carbonyl (C=O) groups excluding carboxylic acids is 1. The summed E-state index contributed by atoms with van der Waals surface area (Å²) in [5.74, 6) is -1.35. The number of benzene rings is 2.